The largest absolute Gasteiger partial charge is 0.510 e. The van der Waals surface area contributed by atoms with Crippen LogP contribution in [0.3, 0.4) is 0 Å². The summed E-state index contributed by atoms with van der Waals surface area (Å²) in [7, 11) is 3.90. The van der Waals surface area contributed by atoms with Crippen LogP contribution in [0.25, 0.3) is 22.3 Å². The van der Waals surface area contributed by atoms with Crippen molar-refractivity contribution in [3.05, 3.63) is 87.2 Å². The molecule has 2 aliphatic rings. The predicted octanol–water partition coefficient (Wildman–Crippen LogP) is 2.56. The van der Waals surface area contributed by atoms with E-state index in [1.165, 1.54) is 0 Å². The van der Waals surface area contributed by atoms with Crippen LogP contribution in [0.2, 0.25) is 0 Å². The lowest BCUT2D eigenvalue weighted by Crippen LogP contribution is -2.47. The highest BCUT2D eigenvalue weighted by Crippen LogP contribution is 2.41. The van der Waals surface area contributed by atoms with Crippen LogP contribution in [0.15, 0.2) is 59.4 Å². The van der Waals surface area contributed by atoms with Gasteiger partial charge in [-0.1, -0.05) is 25.1 Å². The summed E-state index contributed by atoms with van der Waals surface area (Å²) in [6.07, 6.45) is 0.336. The molecule has 17 heteroatoms. The van der Waals surface area contributed by atoms with Crippen molar-refractivity contribution in [2.24, 2.45) is 11.5 Å². The minimum absolute atomic E-state index is 0.0382. The molecule has 2 atom stereocenters. The van der Waals surface area contributed by atoms with Gasteiger partial charge in [0.15, 0.2) is 0 Å². The molecule has 0 fully saturated rings. The number of anilines is 2. The first-order valence-corrected chi connectivity index (χ1v) is 18.5. The summed E-state index contributed by atoms with van der Waals surface area (Å²) >= 11 is 0. The van der Waals surface area contributed by atoms with Crippen LogP contribution in [0.4, 0.5) is 16.2 Å². The molecule has 4 heterocycles. The van der Waals surface area contributed by atoms with Gasteiger partial charge >= 0.3 is 12.1 Å². The second-order valence-electron chi connectivity index (χ2n) is 14.0. The highest BCUT2D eigenvalue weighted by atomic mass is 16.7. The average molecular weight is 784 g/mol. The number of carbonyl (C=O) groups is 5. The Bertz CT molecular complexity index is 2270. The van der Waals surface area contributed by atoms with Crippen molar-refractivity contribution in [3.8, 4) is 11.4 Å². The van der Waals surface area contributed by atoms with Gasteiger partial charge in [-0.25, -0.2) is 14.6 Å². The zero-order valence-electron chi connectivity index (χ0n) is 31.9. The molecule has 57 heavy (non-hydrogen) atoms. The molecule has 4 aromatic rings. The third kappa shape index (κ3) is 8.58. The van der Waals surface area contributed by atoms with Gasteiger partial charge in [-0.3, -0.25) is 19.2 Å². The number of cyclic esters (lactones) is 1. The van der Waals surface area contributed by atoms with E-state index < -0.39 is 54.7 Å². The zero-order valence-corrected chi connectivity index (χ0v) is 31.9. The molecule has 0 bridgehead atoms. The fourth-order valence-corrected chi connectivity index (χ4v) is 7.00. The van der Waals surface area contributed by atoms with Crippen molar-refractivity contribution in [3.63, 3.8) is 0 Å². The molecule has 0 saturated carbocycles. The minimum atomic E-state index is -1.95. The molecule has 2 aliphatic heterocycles. The number of carbonyl (C=O) groups excluding carboxylic acids is 5. The lowest BCUT2D eigenvalue weighted by Gasteiger charge is -2.35. The molecule has 0 saturated heterocycles. The van der Waals surface area contributed by atoms with Gasteiger partial charge in [0.2, 0.25) is 23.3 Å². The van der Waals surface area contributed by atoms with Gasteiger partial charge < -0.3 is 50.5 Å². The first-order valence-electron chi connectivity index (χ1n) is 18.5. The van der Waals surface area contributed by atoms with Gasteiger partial charge in [0, 0.05) is 42.0 Å². The SMILES string of the molecule is CC[C@@]1(OC(=O)OCc2ccc(NC(=O)[C@H](CCCCN)NC(=O)COCC(N)=O)cc2)C(=O)OCc2c1cc1n(c2=O)Cc2cc3c(N(C)C)cccc3nc2-1. The van der Waals surface area contributed by atoms with E-state index in [4.69, 9.17) is 35.4 Å². The number of fused-ring (bicyclic) bond motifs is 5. The molecule has 2 aromatic carbocycles. The van der Waals surface area contributed by atoms with E-state index in [9.17, 15) is 28.8 Å². The fourth-order valence-electron chi connectivity index (χ4n) is 7.00. The third-order valence-corrected chi connectivity index (χ3v) is 9.89. The third-order valence-electron chi connectivity index (χ3n) is 9.89. The van der Waals surface area contributed by atoms with Crippen LogP contribution < -0.4 is 32.6 Å². The first-order chi connectivity index (χ1) is 27.3. The number of rotatable bonds is 16. The first kappa shape index (κ1) is 40.3. The van der Waals surface area contributed by atoms with Gasteiger partial charge in [0.25, 0.3) is 5.56 Å². The summed E-state index contributed by atoms with van der Waals surface area (Å²) in [6, 6.07) is 15.0. The van der Waals surface area contributed by atoms with Crippen LogP contribution >= 0.6 is 0 Å². The zero-order chi connectivity index (χ0) is 40.9. The van der Waals surface area contributed by atoms with Gasteiger partial charge in [0.1, 0.15) is 32.5 Å². The number of amides is 3. The number of nitrogens with one attached hydrogen (secondary N) is 2. The number of unbranched alkanes of at least 4 members (excludes halogenated alkanes) is 1. The molecule has 0 spiro atoms. The highest BCUT2D eigenvalue weighted by Gasteiger charge is 2.51. The minimum Gasteiger partial charge on any atom is -0.457 e. The number of hydrogen-bond donors (Lipinski definition) is 4. The van der Waals surface area contributed by atoms with Crippen molar-refractivity contribution in [1.82, 2.24) is 14.9 Å². The smallest absolute Gasteiger partial charge is 0.457 e. The molecule has 17 nitrogen and oxygen atoms in total. The quantitative estimate of drug-likeness (QED) is 0.0833. The molecular formula is C40H45N7O10. The normalized spacial score (nSPS) is 15.8. The Hall–Kier alpha value is -6.33. The van der Waals surface area contributed by atoms with E-state index >= 15 is 0 Å². The molecule has 6 rings (SSSR count). The van der Waals surface area contributed by atoms with Crippen molar-refractivity contribution in [1.29, 1.82) is 0 Å². The Morgan fingerprint density at radius 3 is 2.53 bits per heavy atom. The van der Waals surface area contributed by atoms with E-state index in [-0.39, 0.29) is 42.9 Å². The molecule has 2 aromatic heterocycles. The van der Waals surface area contributed by atoms with Crippen molar-refractivity contribution < 1.29 is 42.9 Å². The second-order valence-corrected chi connectivity index (χ2v) is 14.0. The van der Waals surface area contributed by atoms with E-state index in [0.717, 1.165) is 22.2 Å². The number of primary amides is 1. The number of benzene rings is 2. The van der Waals surface area contributed by atoms with E-state index in [1.54, 1.807) is 41.8 Å². The summed E-state index contributed by atoms with van der Waals surface area (Å²) in [6.45, 7) is 0.942. The maximum Gasteiger partial charge on any atom is 0.510 e. The van der Waals surface area contributed by atoms with E-state index in [0.29, 0.717) is 48.4 Å². The summed E-state index contributed by atoms with van der Waals surface area (Å²) in [5.41, 5.74) is 13.3. The second kappa shape index (κ2) is 17.2. The van der Waals surface area contributed by atoms with E-state index in [1.807, 2.05) is 43.3 Å². The fraction of sp³-hybridized carbons (Fsp3) is 0.375. The molecule has 0 unspecified atom stereocenters. The summed E-state index contributed by atoms with van der Waals surface area (Å²) in [5.74, 6) is -2.63. The van der Waals surface area contributed by atoms with Crippen molar-refractivity contribution in [2.45, 2.75) is 64.0 Å². The van der Waals surface area contributed by atoms with Crippen molar-refractivity contribution in [2.75, 3.05) is 44.1 Å². The summed E-state index contributed by atoms with van der Waals surface area (Å²) < 4.78 is 23.2. The number of nitrogens with two attached hydrogens (primary N) is 2. The maximum absolute atomic E-state index is 13.9. The number of esters is 1. The van der Waals surface area contributed by atoms with Gasteiger partial charge in [-0.05, 0) is 74.2 Å². The Labute approximate surface area is 327 Å². The standard InChI is InChI=1S/C40H45N7O10/c1-4-40(28-17-32-35-24(18-47(32)37(51)27(28)20-55-38(40)52)16-26-29(45-35)9-7-10-31(26)46(2)3)57-39(53)56-19-23-11-13-25(14-12-23)43-36(50)30(8-5-6-15-41)44-34(49)22-54-21-33(42)48/h7,9-14,16-17,30H,4-6,8,15,18-22,41H2,1-3H3,(H2,42,48)(H,43,50)(H,44,49)/t30-,40-/m0/s1. The molecule has 3 amide bonds. The molecular weight excluding hydrogens is 738 g/mol. The van der Waals surface area contributed by atoms with Crippen molar-refractivity contribution >= 4 is 52.1 Å². The monoisotopic (exact) mass is 783 g/mol. The lowest BCUT2D eigenvalue weighted by molar-refractivity contribution is -0.175. The van der Waals surface area contributed by atoms with E-state index in [2.05, 4.69) is 10.6 Å². The Morgan fingerprint density at radius 2 is 1.82 bits per heavy atom. The highest BCUT2D eigenvalue weighted by molar-refractivity contribution is 5.97. The molecule has 6 N–H and O–H groups in total. The van der Waals surface area contributed by atoms with Gasteiger partial charge in [0.05, 0.1) is 29.0 Å². The van der Waals surface area contributed by atoms with Crippen LogP contribution in [0.1, 0.15) is 54.9 Å². The Kier molecular flexibility index (Phi) is 12.2. The number of ether oxygens (including phenoxy) is 4. The number of aromatic nitrogens is 2. The van der Waals surface area contributed by atoms with Crippen LogP contribution in [0, 0.1) is 0 Å². The Balaban J connectivity index is 1.14. The van der Waals surface area contributed by atoms with Crippen LogP contribution in [0.5, 0.6) is 0 Å². The summed E-state index contributed by atoms with van der Waals surface area (Å²) in [5, 5.41) is 6.29. The maximum atomic E-state index is 13.9. The lowest BCUT2D eigenvalue weighted by atomic mass is 9.85. The number of pyridine rings is 2. The topological polar surface area (TPSA) is 236 Å². The molecule has 300 valence electrons. The van der Waals surface area contributed by atoms with Gasteiger partial charge in [-0.15, -0.1) is 0 Å². The summed E-state index contributed by atoms with van der Waals surface area (Å²) in [4.78, 5) is 83.9. The molecule has 0 radical (unpaired) electrons. The van der Waals surface area contributed by atoms with Crippen LogP contribution in [-0.4, -0.2) is 79.3 Å². The predicted molar refractivity (Wildman–Crippen MR) is 208 cm³/mol. The average Bonchev–Trinajstić information content (AvgIpc) is 3.54. The number of hydrogen-bond acceptors (Lipinski definition) is 13. The van der Waals surface area contributed by atoms with Crippen LogP contribution in [-0.2, 0) is 63.5 Å². The van der Waals surface area contributed by atoms with Gasteiger partial charge in [-0.2, -0.15) is 0 Å². The Morgan fingerprint density at radius 1 is 1.05 bits per heavy atom. The molecule has 0 aliphatic carbocycles. The number of nitrogens with zero attached hydrogens (tertiary/aromatic N) is 3.